The number of carbonyl (C=O) groups is 3. The highest BCUT2D eigenvalue weighted by atomic mass is 33.1. The van der Waals surface area contributed by atoms with Gasteiger partial charge in [-0.25, -0.2) is 9.59 Å². The molecule has 1 rings (SSSR count). The Hall–Kier alpha value is -1.61. The van der Waals surface area contributed by atoms with Gasteiger partial charge in [0, 0.05) is 35.8 Å². The van der Waals surface area contributed by atoms with Crippen LogP contribution in [0, 0.1) is 5.92 Å². The molecule has 4 atom stereocenters. The third kappa shape index (κ3) is 11.9. The van der Waals surface area contributed by atoms with Crippen LogP contribution in [0.3, 0.4) is 0 Å². The smallest absolute Gasteiger partial charge is 0.410 e. The number of esters is 2. The van der Waals surface area contributed by atoms with Gasteiger partial charge in [0.15, 0.2) is 0 Å². The maximum absolute atomic E-state index is 12.1. The van der Waals surface area contributed by atoms with Crippen molar-refractivity contribution in [1.82, 2.24) is 5.32 Å². The van der Waals surface area contributed by atoms with E-state index in [2.05, 4.69) is 12.2 Å². The molecule has 0 aromatic heterocycles. The first kappa shape index (κ1) is 29.4. The van der Waals surface area contributed by atoms with E-state index in [0.717, 1.165) is 19.3 Å². The first-order valence-corrected chi connectivity index (χ1v) is 13.9. The van der Waals surface area contributed by atoms with Crippen LogP contribution in [0.4, 0.5) is 4.79 Å². The number of allylic oxidation sites excluding steroid dienone is 2. The molecule has 0 aliphatic carbocycles. The summed E-state index contributed by atoms with van der Waals surface area (Å²) in [6.07, 6.45) is 7.80. The van der Waals surface area contributed by atoms with Crippen LogP contribution in [0.25, 0.3) is 0 Å². The summed E-state index contributed by atoms with van der Waals surface area (Å²) >= 11 is 0. The highest BCUT2D eigenvalue weighted by molar-refractivity contribution is 8.77. The van der Waals surface area contributed by atoms with E-state index in [1.807, 2.05) is 35.4 Å². The zero-order valence-electron chi connectivity index (χ0n) is 20.7. The van der Waals surface area contributed by atoms with Gasteiger partial charge < -0.3 is 19.5 Å². The Bertz CT molecular complexity index is 703. The Morgan fingerprint density at radius 3 is 2.45 bits per heavy atom. The van der Waals surface area contributed by atoms with E-state index >= 15 is 0 Å². The van der Waals surface area contributed by atoms with E-state index in [1.165, 1.54) is 19.1 Å². The van der Waals surface area contributed by atoms with Crippen molar-refractivity contribution in [2.75, 3.05) is 12.4 Å². The molecule has 0 spiro atoms. The van der Waals surface area contributed by atoms with Crippen LogP contribution in [0.2, 0.25) is 0 Å². The average Bonchev–Trinajstić information content (AvgIpc) is 3.19. The summed E-state index contributed by atoms with van der Waals surface area (Å²) in [6, 6.07) is -0.308. The van der Waals surface area contributed by atoms with Crippen LogP contribution in [0.5, 0.6) is 0 Å². The van der Waals surface area contributed by atoms with Crippen molar-refractivity contribution in [3.8, 4) is 0 Å². The van der Waals surface area contributed by atoms with Crippen LogP contribution >= 0.6 is 21.6 Å². The van der Waals surface area contributed by atoms with Crippen molar-refractivity contribution in [2.24, 2.45) is 5.92 Å². The maximum Gasteiger partial charge on any atom is 0.410 e. The standard InChI is InChI=1S/C24H39NO6S2/c1-7-11-20(8-2)22(27)29-16-17(3)18(4)25-23(28)31-19(5)30-21(26)12-9-10-13-24(6)14-15-32-33-24/h7-8,11,17-19H,9-10,12-16H2,1-6H3,(H,25,28)/b11-7-,20-8+/t17?,18?,19?,24-/m1/s1. The lowest BCUT2D eigenvalue weighted by Gasteiger charge is -2.22. The minimum atomic E-state index is -0.977. The SMILES string of the molecule is C/C=C\C(=C/C)C(=O)OCC(C)C(C)NC(=O)OC(C)OC(=O)CCCC[C@]1(C)CCSS1. The van der Waals surface area contributed by atoms with Gasteiger partial charge >= 0.3 is 18.0 Å². The first-order chi connectivity index (χ1) is 15.6. The molecule has 9 heteroatoms. The lowest BCUT2D eigenvalue weighted by Crippen LogP contribution is -2.41. The molecule has 1 saturated heterocycles. The Balaban J connectivity index is 2.25. The van der Waals surface area contributed by atoms with Gasteiger partial charge in [-0.15, -0.1) is 0 Å². The first-order valence-electron chi connectivity index (χ1n) is 11.5. The fourth-order valence-electron chi connectivity index (χ4n) is 3.10. The highest BCUT2D eigenvalue weighted by Gasteiger charge is 2.29. The molecule has 0 radical (unpaired) electrons. The van der Waals surface area contributed by atoms with E-state index < -0.39 is 18.4 Å². The quantitative estimate of drug-likeness (QED) is 0.0846. The van der Waals surface area contributed by atoms with Gasteiger partial charge in [-0.2, -0.15) is 0 Å². The van der Waals surface area contributed by atoms with Crippen molar-refractivity contribution in [3.63, 3.8) is 0 Å². The summed E-state index contributed by atoms with van der Waals surface area (Å²) < 4.78 is 15.9. The van der Waals surface area contributed by atoms with Crippen LogP contribution in [0.1, 0.15) is 73.6 Å². The predicted molar refractivity (Wildman–Crippen MR) is 135 cm³/mol. The zero-order valence-corrected chi connectivity index (χ0v) is 22.3. The van der Waals surface area contributed by atoms with Gasteiger partial charge in [-0.3, -0.25) is 4.79 Å². The molecule has 1 heterocycles. The van der Waals surface area contributed by atoms with Crippen molar-refractivity contribution >= 4 is 39.6 Å². The third-order valence-electron chi connectivity index (χ3n) is 5.45. The van der Waals surface area contributed by atoms with Crippen LogP contribution in [0.15, 0.2) is 23.8 Å². The number of ether oxygens (including phenoxy) is 3. The fourth-order valence-corrected chi connectivity index (χ4v) is 6.39. The number of amides is 1. The number of nitrogens with one attached hydrogen (secondary N) is 1. The van der Waals surface area contributed by atoms with Crippen LogP contribution in [-0.2, 0) is 23.8 Å². The largest absolute Gasteiger partial charge is 0.462 e. The third-order valence-corrected chi connectivity index (χ3v) is 8.81. The van der Waals surface area contributed by atoms with Gasteiger partial charge in [-0.1, -0.05) is 53.2 Å². The molecular formula is C24H39NO6S2. The van der Waals surface area contributed by atoms with E-state index in [9.17, 15) is 14.4 Å². The molecule has 188 valence electrons. The molecule has 1 fully saturated rings. The van der Waals surface area contributed by atoms with E-state index in [-0.39, 0.29) is 24.5 Å². The molecule has 1 amide bonds. The Morgan fingerprint density at radius 1 is 1.12 bits per heavy atom. The zero-order chi connectivity index (χ0) is 24.9. The Labute approximate surface area is 206 Å². The molecule has 0 bridgehead atoms. The van der Waals surface area contributed by atoms with Gasteiger partial charge in [0.2, 0.25) is 6.29 Å². The number of rotatable bonds is 13. The maximum atomic E-state index is 12.1. The second kappa shape index (κ2) is 15.3. The molecule has 1 aliphatic heterocycles. The van der Waals surface area contributed by atoms with Crippen molar-refractivity contribution < 1.29 is 28.6 Å². The molecular weight excluding hydrogens is 462 g/mol. The summed E-state index contributed by atoms with van der Waals surface area (Å²) in [6.45, 7) is 11.2. The molecule has 7 nitrogen and oxygen atoms in total. The highest BCUT2D eigenvalue weighted by Crippen LogP contribution is 2.49. The predicted octanol–water partition coefficient (Wildman–Crippen LogP) is 5.80. The van der Waals surface area contributed by atoms with Crippen LogP contribution < -0.4 is 5.32 Å². The summed E-state index contributed by atoms with van der Waals surface area (Å²) in [5.74, 6) is 0.272. The normalized spacial score (nSPS) is 21.3. The van der Waals surface area contributed by atoms with Gasteiger partial charge in [0.05, 0.1) is 12.2 Å². The molecule has 1 aliphatic rings. The fraction of sp³-hybridized carbons (Fsp3) is 0.708. The monoisotopic (exact) mass is 501 g/mol. The van der Waals surface area contributed by atoms with Crippen molar-refractivity contribution in [3.05, 3.63) is 23.8 Å². The van der Waals surface area contributed by atoms with E-state index in [1.54, 1.807) is 32.1 Å². The summed E-state index contributed by atoms with van der Waals surface area (Å²) in [4.78, 5) is 36.2. The summed E-state index contributed by atoms with van der Waals surface area (Å²) in [5, 5.41) is 2.69. The lowest BCUT2D eigenvalue weighted by atomic mass is 9.99. The van der Waals surface area contributed by atoms with Crippen LogP contribution in [-0.4, -0.2) is 47.5 Å². The van der Waals surface area contributed by atoms with Gasteiger partial charge in [0.25, 0.3) is 0 Å². The number of hydrogen-bond acceptors (Lipinski definition) is 8. The lowest BCUT2D eigenvalue weighted by molar-refractivity contribution is -0.165. The Kier molecular flexibility index (Phi) is 13.7. The van der Waals surface area contributed by atoms with Crippen molar-refractivity contribution in [1.29, 1.82) is 0 Å². The summed E-state index contributed by atoms with van der Waals surface area (Å²) in [5.41, 5.74) is 0.478. The minimum absolute atomic E-state index is 0.138. The number of hydrogen-bond donors (Lipinski definition) is 1. The second-order valence-electron chi connectivity index (χ2n) is 8.53. The van der Waals surface area contributed by atoms with E-state index in [0.29, 0.717) is 16.7 Å². The van der Waals surface area contributed by atoms with Gasteiger partial charge in [0.1, 0.15) is 0 Å². The van der Waals surface area contributed by atoms with E-state index in [4.69, 9.17) is 14.2 Å². The molecule has 33 heavy (non-hydrogen) atoms. The minimum Gasteiger partial charge on any atom is -0.462 e. The molecule has 0 aromatic rings. The topological polar surface area (TPSA) is 90.9 Å². The van der Waals surface area contributed by atoms with Gasteiger partial charge in [-0.05, 0) is 47.0 Å². The molecule has 1 N–H and O–H groups in total. The Morgan fingerprint density at radius 2 is 1.85 bits per heavy atom. The average molecular weight is 502 g/mol. The van der Waals surface area contributed by atoms with Crippen molar-refractivity contribution in [2.45, 2.75) is 90.7 Å². The number of alkyl carbamates (subject to hydrolysis) is 1. The molecule has 0 saturated carbocycles. The molecule has 3 unspecified atom stereocenters. The number of carbonyl (C=O) groups excluding carboxylic acids is 3. The molecule has 0 aromatic carbocycles. The summed E-state index contributed by atoms with van der Waals surface area (Å²) in [7, 11) is 3.86. The number of unbranched alkanes of at least 4 members (excludes halogenated alkanes) is 1. The second-order valence-corrected chi connectivity index (χ2v) is 11.5.